The maximum absolute atomic E-state index is 8.45. The predicted molar refractivity (Wildman–Crippen MR) is 50.6 cm³/mol. The Kier molecular flexibility index (Phi) is 1.95. The topological polar surface area (TPSA) is 49.8 Å². The van der Waals surface area contributed by atoms with E-state index in [1.54, 1.807) is 0 Å². The van der Waals surface area contributed by atoms with Crippen LogP contribution in [-0.4, -0.2) is 4.98 Å². The van der Waals surface area contributed by atoms with E-state index in [4.69, 9.17) is 9.68 Å². The fourth-order valence-electron chi connectivity index (χ4n) is 1.12. The number of rotatable bonds is 1. The monoisotopic (exact) mass is 190 g/mol. The minimum Gasteiger partial charge on any atom is -0.440 e. The number of oxazole rings is 1. The molecular formula is C9H6N2OS. The molecule has 0 aliphatic rings. The van der Waals surface area contributed by atoms with Gasteiger partial charge in [0.1, 0.15) is 11.9 Å². The number of hydrogen-bond donors (Lipinski definition) is 1. The van der Waals surface area contributed by atoms with E-state index in [1.807, 2.05) is 24.3 Å². The van der Waals surface area contributed by atoms with Crippen molar-refractivity contribution >= 4 is 23.7 Å². The number of para-hydroxylation sites is 1. The molecule has 0 amide bonds. The van der Waals surface area contributed by atoms with Crippen molar-refractivity contribution in [2.45, 2.75) is 11.3 Å². The summed E-state index contributed by atoms with van der Waals surface area (Å²) in [7, 11) is 0. The van der Waals surface area contributed by atoms with Crippen LogP contribution in [0.25, 0.3) is 11.1 Å². The molecule has 0 saturated heterocycles. The van der Waals surface area contributed by atoms with Gasteiger partial charge in [-0.2, -0.15) is 5.26 Å². The van der Waals surface area contributed by atoms with Crippen LogP contribution in [0.1, 0.15) is 5.89 Å². The van der Waals surface area contributed by atoms with Crippen LogP contribution in [-0.2, 0) is 6.42 Å². The molecule has 3 nitrogen and oxygen atoms in total. The van der Waals surface area contributed by atoms with Crippen LogP contribution in [0.5, 0.6) is 0 Å². The molecular weight excluding hydrogens is 184 g/mol. The number of thiol groups is 1. The standard InChI is InChI=1S/C9H6N2OS/c10-5-4-8-11-9-6(12-8)2-1-3-7(9)13/h1-3,13H,4H2. The quantitative estimate of drug-likeness (QED) is 0.701. The van der Waals surface area contributed by atoms with Crippen molar-refractivity contribution in [2.75, 3.05) is 0 Å². The molecule has 0 unspecified atom stereocenters. The maximum atomic E-state index is 8.45. The number of nitriles is 1. The molecule has 0 aliphatic carbocycles. The summed E-state index contributed by atoms with van der Waals surface area (Å²) in [4.78, 5) is 4.91. The summed E-state index contributed by atoms with van der Waals surface area (Å²) in [5.41, 5.74) is 1.40. The summed E-state index contributed by atoms with van der Waals surface area (Å²) in [6.07, 6.45) is 0.196. The third-order valence-electron chi connectivity index (χ3n) is 1.67. The first kappa shape index (κ1) is 8.14. The lowest BCUT2D eigenvalue weighted by molar-refractivity contribution is 0.548. The van der Waals surface area contributed by atoms with Crippen LogP contribution in [0.15, 0.2) is 27.5 Å². The Morgan fingerprint density at radius 3 is 3.08 bits per heavy atom. The summed E-state index contributed by atoms with van der Waals surface area (Å²) in [6.45, 7) is 0. The molecule has 0 aliphatic heterocycles. The molecule has 0 N–H and O–H groups in total. The van der Waals surface area contributed by atoms with E-state index in [2.05, 4.69) is 17.6 Å². The zero-order valence-electron chi connectivity index (χ0n) is 6.69. The van der Waals surface area contributed by atoms with Crippen LogP contribution in [0, 0.1) is 11.3 Å². The lowest BCUT2D eigenvalue weighted by Gasteiger charge is -1.87. The van der Waals surface area contributed by atoms with Crippen LogP contribution < -0.4 is 0 Å². The molecule has 2 rings (SSSR count). The highest BCUT2D eigenvalue weighted by Crippen LogP contribution is 2.21. The molecule has 0 radical (unpaired) electrons. The highest BCUT2D eigenvalue weighted by molar-refractivity contribution is 7.80. The second kappa shape index (κ2) is 3.11. The second-order valence-electron chi connectivity index (χ2n) is 2.57. The molecule has 13 heavy (non-hydrogen) atoms. The molecule has 0 bridgehead atoms. The third kappa shape index (κ3) is 1.38. The van der Waals surface area contributed by atoms with Crippen LogP contribution in [0.4, 0.5) is 0 Å². The van der Waals surface area contributed by atoms with Gasteiger partial charge in [0.05, 0.1) is 6.07 Å². The highest BCUT2D eigenvalue weighted by atomic mass is 32.1. The lowest BCUT2D eigenvalue weighted by atomic mass is 10.3. The Labute approximate surface area is 80.4 Å². The van der Waals surface area contributed by atoms with Gasteiger partial charge in [0.15, 0.2) is 5.58 Å². The van der Waals surface area contributed by atoms with Gasteiger partial charge in [-0.05, 0) is 12.1 Å². The molecule has 1 aromatic carbocycles. The van der Waals surface area contributed by atoms with E-state index in [1.165, 1.54) is 0 Å². The van der Waals surface area contributed by atoms with Crippen molar-refractivity contribution in [3.63, 3.8) is 0 Å². The van der Waals surface area contributed by atoms with Crippen molar-refractivity contribution < 1.29 is 4.42 Å². The average molecular weight is 190 g/mol. The minimum atomic E-state index is 0.196. The van der Waals surface area contributed by atoms with Gasteiger partial charge in [-0.3, -0.25) is 0 Å². The molecule has 1 heterocycles. The van der Waals surface area contributed by atoms with E-state index in [9.17, 15) is 0 Å². The molecule has 2 aromatic rings. The van der Waals surface area contributed by atoms with Crippen molar-refractivity contribution in [2.24, 2.45) is 0 Å². The van der Waals surface area contributed by atoms with Crippen LogP contribution >= 0.6 is 12.6 Å². The van der Waals surface area contributed by atoms with Gasteiger partial charge in [-0.15, -0.1) is 12.6 Å². The van der Waals surface area contributed by atoms with Gasteiger partial charge < -0.3 is 4.42 Å². The fourth-order valence-corrected chi connectivity index (χ4v) is 1.37. The summed E-state index contributed by atoms with van der Waals surface area (Å²) >= 11 is 4.23. The Bertz CT molecular complexity index is 484. The zero-order chi connectivity index (χ0) is 9.26. The first-order chi connectivity index (χ1) is 6.31. The van der Waals surface area contributed by atoms with E-state index < -0.39 is 0 Å². The number of fused-ring (bicyclic) bond motifs is 1. The predicted octanol–water partition coefficient (Wildman–Crippen LogP) is 2.18. The van der Waals surface area contributed by atoms with Gasteiger partial charge in [0.2, 0.25) is 5.89 Å². The Morgan fingerprint density at radius 1 is 1.54 bits per heavy atom. The SMILES string of the molecule is N#CCc1nc2c(S)cccc2o1. The summed E-state index contributed by atoms with van der Waals surface area (Å²) in [5, 5.41) is 8.45. The van der Waals surface area contributed by atoms with Crippen LogP contribution in [0.2, 0.25) is 0 Å². The van der Waals surface area contributed by atoms with Crippen molar-refractivity contribution in [3.05, 3.63) is 24.1 Å². The smallest absolute Gasteiger partial charge is 0.209 e. The van der Waals surface area contributed by atoms with Gasteiger partial charge >= 0.3 is 0 Å². The molecule has 4 heteroatoms. The summed E-state index contributed by atoms with van der Waals surface area (Å²) in [5.74, 6) is 0.444. The van der Waals surface area contributed by atoms with E-state index in [0.29, 0.717) is 11.5 Å². The Hall–Kier alpha value is -1.47. The van der Waals surface area contributed by atoms with Gasteiger partial charge in [0, 0.05) is 4.90 Å². The molecule has 64 valence electrons. The number of aromatic nitrogens is 1. The van der Waals surface area contributed by atoms with Crippen LogP contribution in [0.3, 0.4) is 0 Å². The second-order valence-corrected chi connectivity index (χ2v) is 3.05. The first-order valence-corrected chi connectivity index (χ1v) is 4.20. The van der Waals surface area contributed by atoms with E-state index >= 15 is 0 Å². The largest absolute Gasteiger partial charge is 0.440 e. The van der Waals surface area contributed by atoms with Gasteiger partial charge in [-0.1, -0.05) is 6.07 Å². The first-order valence-electron chi connectivity index (χ1n) is 3.75. The average Bonchev–Trinajstić information content (AvgIpc) is 2.49. The summed E-state index contributed by atoms with van der Waals surface area (Å²) < 4.78 is 5.31. The maximum Gasteiger partial charge on any atom is 0.209 e. The van der Waals surface area contributed by atoms with Crippen molar-refractivity contribution in [1.82, 2.24) is 4.98 Å². The number of nitrogens with zero attached hydrogens (tertiary/aromatic N) is 2. The molecule has 0 atom stereocenters. The molecule has 0 spiro atoms. The zero-order valence-corrected chi connectivity index (χ0v) is 7.58. The Morgan fingerprint density at radius 2 is 2.38 bits per heavy atom. The minimum absolute atomic E-state index is 0.196. The normalized spacial score (nSPS) is 10.2. The molecule has 0 saturated carbocycles. The van der Waals surface area contributed by atoms with E-state index in [0.717, 1.165) is 10.4 Å². The Balaban J connectivity index is 2.63. The summed E-state index contributed by atoms with van der Waals surface area (Å²) in [6, 6.07) is 7.47. The van der Waals surface area contributed by atoms with Gasteiger partial charge in [-0.25, -0.2) is 4.98 Å². The lowest BCUT2D eigenvalue weighted by Crippen LogP contribution is -1.78. The highest BCUT2D eigenvalue weighted by Gasteiger charge is 2.06. The van der Waals surface area contributed by atoms with E-state index in [-0.39, 0.29) is 6.42 Å². The fraction of sp³-hybridized carbons (Fsp3) is 0.111. The van der Waals surface area contributed by atoms with Crippen molar-refractivity contribution in [1.29, 1.82) is 5.26 Å². The third-order valence-corrected chi connectivity index (χ3v) is 2.03. The number of benzene rings is 1. The molecule has 0 fully saturated rings. The molecule has 1 aromatic heterocycles. The van der Waals surface area contributed by atoms with Crippen molar-refractivity contribution in [3.8, 4) is 6.07 Å². The van der Waals surface area contributed by atoms with Gasteiger partial charge in [0.25, 0.3) is 0 Å². The number of hydrogen-bond acceptors (Lipinski definition) is 4.